The largest absolute Gasteiger partial charge is 0.431 e. The molecule has 12 nitrogen and oxygen atoms in total. The molecule has 2 aromatic heterocycles. The molecule has 6 heterocycles. The van der Waals surface area contributed by atoms with Crippen LogP contribution in [0.3, 0.4) is 0 Å². The number of aromatic nitrogens is 4. The molecule has 4 fully saturated rings. The molecule has 0 amide bonds. The van der Waals surface area contributed by atoms with Crippen LogP contribution in [0.5, 0.6) is 0 Å². The summed E-state index contributed by atoms with van der Waals surface area (Å²) in [5, 5.41) is 8.32. The lowest BCUT2D eigenvalue weighted by atomic mass is 9.97. The van der Waals surface area contributed by atoms with E-state index in [0.717, 1.165) is 51.4 Å². The van der Waals surface area contributed by atoms with Gasteiger partial charge in [-0.3, -0.25) is 9.80 Å². The lowest BCUT2D eigenvalue weighted by Gasteiger charge is -2.42. The molecule has 12 heteroatoms. The summed E-state index contributed by atoms with van der Waals surface area (Å²) in [7, 11) is 3.81. The van der Waals surface area contributed by atoms with Crippen LogP contribution in [0.2, 0.25) is 0 Å². The summed E-state index contributed by atoms with van der Waals surface area (Å²) in [4.78, 5) is 40.3. The summed E-state index contributed by atoms with van der Waals surface area (Å²) in [6.45, 7) is 0. The number of fused-ring (bicyclic) bond motifs is 4. The Kier molecular flexibility index (Phi) is 5.23. The second kappa shape index (κ2) is 8.56. The third-order valence-corrected chi connectivity index (χ3v) is 9.82. The van der Waals surface area contributed by atoms with E-state index in [1.54, 1.807) is 0 Å². The molecule has 210 valence electrons. The second-order valence-electron chi connectivity index (χ2n) is 12.1. The van der Waals surface area contributed by atoms with Crippen molar-refractivity contribution in [1.82, 2.24) is 30.1 Å². The van der Waals surface area contributed by atoms with Gasteiger partial charge in [-0.1, -0.05) is 22.5 Å². The van der Waals surface area contributed by atoms with Crippen molar-refractivity contribution in [3.05, 3.63) is 35.6 Å². The molecule has 40 heavy (non-hydrogen) atoms. The van der Waals surface area contributed by atoms with Crippen molar-refractivity contribution in [1.29, 1.82) is 0 Å². The highest BCUT2D eigenvalue weighted by molar-refractivity contribution is 6.30. The van der Waals surface area contributed by atoms with Gasteiger partial charge in [0.2, 0.25) is 0 Å². The lowest BCUT2D eigenvalue weighted by molar-refractivity contribution is -0.193. The van der Waals surface area contributed by atoms with Gasteiger partial charge in [0.15, 0.2) is 23.1 Å². The van der Waals surface area contributed by atoms with Gasteiger partial charge in [-0.15, -0.1) is 0 Å². The minimum Gasteiger partial charge on any atom is -0.431 e. The summed E-state index contributed by atoms with van der Waals surface area (Å²) in [5.74, 6) is 0.589. The molecule has 0 N–H and O–H groups in total. The number of nitrogens with zero attached hydrogens (tertiary/aromatic N) is 6. The summed E-state index contributed by atoms with van der Waals surface area (Å²) < 4.78 is 23.4. The highest BCUT2D eigenvalue weighted by atomic mass is 16.6. The molecular weight excluding hydrogens is 516 g/mol. The maximum Gasteiger partial charge on any atom is 0.419 e. The van der Waals surface area contributed by atoms with E-state index in [-0.39, 0.29) is 12.1 Å². The quantitative estimate of drug-likeness (QED) is 0.387. The molecule has 6 aliphatic rings. The molecule has 2 saturated heterocycles. The fourth-order valence-electron chi connectivity index (χ4n) is 7.04. The molecule has 0 radical (unpaired) electrons. The van der Waals surface area contributed by atoms with Crippen molar-refractivity contribution >= 4 is 23.1 Å². The van der Waals surface area contributed by atoms with Crippen LogP contribution in [0.1, 0.15) is 99.5 Å². The van der Waals surface area contributed by atoms with E-state index in [0.29, 0.717) is 59.3 Å². The van der Waals surface area contributed by atoms with Crippen molar-refractivity contribution in [3.63, 3.8) is 0 Å². The van der Waals surface area contributed by atoms with Crippen LogP contribution in [-0.2, 0) is 19.1 Å². The average molecular weight is 549 g/mol. The molecule has 2 saturated carbocycles. The first kappa shape index (κ1) is 24.4. The number of rotatable bonds is 6. The molecule has 4 aliphatic heterocycles. The molecule has 2 aliphatic carbocycles. The van der Waals surface area contributed by atoms with Gasteiger partial charge >= 0.3 is 11.9 Å². The number of hydrogen-bond acceptors (Lipinski definition) is 12. The first-order valence-electron chi connectivity index (χ1n) is 14.4. The number of hydrogen-bond donors (Lipinski definition) is 0. The van der Waals surface area contributed by atoms with Crippen molar-refractivity contribution < 1.29 is 28.1 Å². The Hall–Kier alpha value is -3.38. The topological polar surface area (TPSA) is 137 Å². The average Bonchev–Trinajstić information content (AvgIpc) is 3.86. The van der Waals surface area contributed by atoms with Crippen LogP contribution in [0.15, 0.2) is 21.2 Å². The maximum atomic E-state index is 13.5. The SMILES string of the molecule is CN1C2CC=C(c3nc(C4CC4)no3)C1(OC(=O)C(=O)OC13CCC(CC=C1c1nc(C4CC4)no1)N3C)CC2. The van der Waals surface area contributed by atoms with Gasteiger partial charge in [0, 0.05) is 36.8 Å². The number of carbonyl (C=O) groups excluding carboxylic acids is 2. The molecule has 2 aromatic rings. The Morgan fingerprint density at radius 1 is 0.750 bits per heavy atom. The van der Waals surface area contributed by atoms with E-state index in [2.05, 4.69) is 20.3 Å². The Labute approximate surface area is 230 Å². The number of ether oxygens (including phenoxy) is 2. The number of carbonyl (C=O) groups is 2. The Balaban J connectivity index is 1.07. The first-order chi connectivity index (χ1) is 19.4. The molecule has 4 unspecified atom stereocenters. The zero-order valence-electron chi connectivity index (χ0n) is 22.7. The number of esters is 2. The molecule has 8 rings (SSSR count). The summed E-state index contributed by atoms with van der Waals surface area (Å²) in [6.07, 6.45) is 12.4. The standard InChI is InChI=1S/C28H32N6O6/c1-33-17-7-9-19(23-29-21(31-39-23)15-3-4-15)27(33,13-11-17)37-25(35)26(36)38-28-14-12-18(34(28)2)8-10-20(28)24-30-22(32-40-24)16-5-6-16/h9-10,15-18H,3-8,11-14H2,1-2H3. The summed E-state index contributed by atoms with van der Waals surface area (Å²) in [6, 6.07) is 0.370. The monoisotopic (exact) mass is 548 g/mol. The molecule has 4 bridgehead atoms. The third-order valence-electron chi connectivity index (χ3n) is 9.82. The lowest BCUT2D eigenvalue weighted by Crippen LogP contribution is -2.54. The second-order valence-corrected chi connectivity index (χ2v) is 12.1. The van der Waals surface area contributed by atoms with Crippen LogP contribution >= 0.6 is 0 Å². The van der Waals surface area contributed by atoms with Crippen molar-refractivity contribution in [2.75, 3.05) is 14.1 Å². The van der Waals surface area contributed by atoms with Crippen LogP contribution in [0, 0.1) is 0 Å². The third kappa shape index (κ3) is 3.58. The molecule has 0 spiro atoms. The van der Waals surface area contributed by atoms with Crippen LogP contribution < -0.4 is 0 Å². The van der Waals surface area contributed by atoms with Crippen LogP contribution in [-0.4, -0.2) is 79.6 Å². The van der Waals surface area contributed by atoms with Gasteiger partial charge in [0.1, 0.15) is 0 Å². The Morgan fingerprint density at radius 3 is 1.57 bits per heavy atom. The zero-order chi connectivity index (χ0) is 27.2. The highest BCUT2D eigenvalue weighted by Gasteiger charge is 2.58. The van der Waals surface area contributed by atoms with Gasteiger partial charge in [-0.2, -0.15) is 9.97 Å². The van der Waals surface area contributed by atoms with Crippen molar-refractivity contribution in [2.24, 2.45) is 0 Å². The van der Waals surface area contributed by atoms with E-state index in [1.165, 1.54) is 0 Å². The summed E-state index contributed by atoms with van der Waals surface area (Å²) in [5.41, 5.74) is -1.08. The summed E-state index contributed by atoms with van der Waals surface area (Å²) >= 11 is 0. The fraction of sp³-hybridized carbons (Fsp3) is 0.643. The minimum absolute atomic E-state index is 0.185. The van der Waals surface area contributed by atoms with Gasteiger partial charge in [0.05, 0.1) is 11.1 Å². The van der Waals surface area contributed by atoms with Crippen molar-refractivity contribution in [3.8, 4) is 0 Å². The Bertz CT molecular complexity index is 1350. The zero-order valence-corrected chi connectivity index (χ0v) is 22.7. The highest BCUT2D eigenvalue weighted by Crippen LogP contribution is 2.51. The smallest absolute Gasteiger partial charge is 0.419 e. The molecule has 0 aromatic carbocycles. The maximum absolute atomic E-state index is 13.5. The van der Waals surface area contributed by atoms with Gasteiger partial charge in [-0.25, -0.2) is 9.59 Å². The van der Waals surface area contributed by atoms with E-state index in [4.69, 9.17) is 18.5 Å². The number of likely N-dealkylation sites (N-methyl/N-ethyl adjacent to an activating group) is 2. The van der Waals surface area contributed by atoms with E-state index in [9.17, 15) is 9.59 Å². The van der Waals surface area contributed by atoms with Crippen LogP contribution in [0.25, 0.3) is 11.1 Å². The molecular formula is C28H32N6O6. The minimum atomic E-state index is -1.18. The predicted octanol–water partition coefficient (Wildman–Crippen LogP) is 3.15. The Morgan fingerprint density at radius 2 is 1.18 bits per heavy atom. The van der Waals surface area contributed by atoms with Gasteiger partial charge in [-0.05, 0) is 65.5 Å². The van der Waals surface area contributed by atoms with E-state index in [1.807, 2.05) is 36.0 Å². The van der Waals surface area contributed by atoms with Crippen LogP contribution in [0.4, 0.5) is 0 Å². The normalized spacial score (nSPS) is 33.5. The predicted molar refractivity (Wildman–Crippen MR) is 137 cm³/mol. The van der Waals surface area contributed by atoms with E-state index >= 15 is 0 Å². The van der Waals surface area contributed by atoms with Crippen molar-refractivity contribution in [2.45, 2.75) is 99.6 Å². The molecule has 4 atom stereocenters. The van der Waals surface area contributed by atoms with E-state index < -0.39 is 23.4 Å². The first-order valence-corrected chi connectivity index (χ1v) is 14.4. The van der Waals surface area contributed by atoms with Gasteiger partial charge in [0.25, 0.3) is 11.8 Å². The van der Waals surface area contributed by atoms with Gasteiger partial charge < -0.3 is 18.5 Å². The fourth-order valence-corrected chi connectivity index (χ4v) is 7.04.